The van der Waals surface area contributed by atoms with Gasteiger partial charge in [0.2, 0.25) is 0 Å². The van der Waals surface area contributed by atoms with Gasteiger partial charge in [0.15, 0.2) is 0 Å². The molecule has 1 N–H and O–H groups in total. The van der Waals surface area contributed by atoms with Gasteiger partial charge >= 0.3 is 0 Å². The Bertz CT molecular complexity index is 728. The minimum Gasteiger partial charge on any atom is -0.391 e. The zero-order valence-electron chi connectivity index (χ0n) is 17.3. The molecule has 0 spiro atoms. The third-order valence-corrected chi connectivity index (χ3v) is 5.79. The van der Waals surface area contributed by atoms with Crippen LogP contribution in [0.15, 0.2) is 47.7 Å². The van der Waals surface area contributed by atoms with Crippen molar-refractivity contribution in [1.82, 2.24) is 10.2 Å². The van der Waals surface area contributed by atoms with Crippen LogP contribution < -0.4 is 5.32 Å². The molecule has 3 heteroatoms. The van der Waals surface area contributed by atoms with Crippen LogP contribution in [-0.2, 0) is 11.2 Å². The quantitative estimate of drug-likeness (QED) is 0.543. The summed E-state index contributed by atoms with van der Waals surface area (Å²) in [4.78, 5) is 15.5. The van der Waals surface area contributed by atoms with Gasteiger partial charge < -0.3 is 10.2 Å². The smallest absolute Gasteiger partial charge is 0.254 e. The van der Waals surface area contributed by atoms with E-state index >= 15 is 0 Å². The van der Waals surface area contributed by atoms with Gasteiger partial charge in [0, 0.05) is 24.9 Å². The Kier molecular flexibility index (Phi) is 6.41. The van der Waals surface area contributed by atoms with Crippen LogP contribution in [0, 0.1) is 11.8 Å². The van der Waals surface area contributed by atoms with E-state index < -0.39 is 0 Å². The number of rotatable bonds is 7. The van der Waals surface area contributed by atoms with E-state index in [2.05, 4.69) is 62.5 Å². The molecular weight excluding hydrogens is 332 g/mol. The maximum Gasteiger partial charge on any atom is 0.254 e. The molecule has 1 atom stereocenters. The van der Waals surface area contributed by atoms with E-state index in [4.69, 9.17) is 0 Å². The number of fused-ring (bicyclic) bond motifs is 1. The van der Waals surface area contributed by atoms with Gasteiger partial charge in [-0.2, -0.15) is 0 Å². The predicted molar refractivity (Wildman–Crippen MR) is 112 cm³/mol. The maximum absolute atomic E-state index is 13.4. The van der Waals surface area contributed by atoms with Gasteiger partial charge in [-0.3, -0.25) is 4.79 Å². The molecule has 1 saturated carbocycles. The highest BCUT2D eigenvalue weighted by Crippen LogP contribution is 2.35. The van der Waals surface area contributed by atoms with Crippen LogP contribution in [0.25, 0.3) is 0 Å². The first-order valence-corrected chi connectivity index (χ1v) is 10.5. The number of carbonyl (C=O) groups excluding carboxylic acids is 1. The monoisotopic (exact) mass is 366 g/mol. The molecule has 146 valence electrons. The fourth-order valence-electron chi connectivity index (χ4n) is 3.98. The van der Waals surface area contributed by atoms with E-state index in [0.29, 0.717) is 5.92 Å². The average molecular weight is 367 g/mol. The average Bonchev–Trinajstić information content (AvgIpc) is 3.48. The van der Waals surface area contributed by atoms with Crippen LogP contribution in [0.3, 0.4) is 0 Å². The first kappa shape index (κ1) is 19.7. The topological polar surface area (TPSA) is 32.3 Å². The fraction of sp³-hybridized carbons (Fsp3) is 0.542. The van der Waals surface area contributed by atoms with E-state index in [0.717, 1.165) is 30.9 Å². The van der Waals surface area contributed by atoms with Gasteiger partial charge in [-0.25, -0.2) is 0 Å². The number of amides is 1. The van der Waals surface area contributed by atoms with E-state index in [1.54, 1.807) is 0 Å². The van der Waals surface area contributed by atoms with E-state index in [1.165, 1.54) is 36.1 Å². The molecule has 0 radical (unpaired) electrons. The summed E-state index contributed by atoms with van der Waals surface area (Å²) in [5.74, 6) is 1.40. The number of carbonyl (C=O) groups is 1. The molecule has 1 aliphatic heterocycles. The molecule has 1 fully saturated rings. The first-order chi connectivity index (χ1) is 13.0. The van der Waals surface area contributed by atoms with Gasteiger partial charge in [-0.15, -0.1) is 0 Å². The zero-order valence-corrected chi connectivity index (χ0v) is 17.3. The standard InChI is InChI=1S/C24H34N2O/c1-17(2)15-21(16-22(25-4)12-11-19-9-10-19)24(27)26-14-13-20-7-5-6-8-23(20)18(26)3/h5-8,15-19,25H,9-14H2,1-4H3/b21-15+,22-16+/t18-/m1/s1. The molecule has 0 unspecified atom stereocenters. The number of hydrogen-bond acceptors (Lipinski definition) is 2. The third-order valence-electron chi connectivity index (χ3n) is 5.79. The van der Waals surface area contributed by atoms with Crippen LogP contribution in [0.5, 0.6) is 0 Å². The van der Waals surface area contributed by atoms with Gasteiger partial charge in [-0.05, 0) is 55.2 Å². The molecule has 1 heterocycles. The lowest BCUT2D eigenvalue weighted by atomic mass is 9.92. The Morgan fingerprint density at radius 2 is 2.04 bits per heavy atom. The third kappa shape index (κ3) is 5.03. The minimum atomic E-state index is 0.121. The van der Waals surface area contributed by atoms with Gasteiger partial charge in [0.1, 0.15) is 0 Å². The van der Waals surface area contributed by atoms with E-state index in [9.17, 15) is 4.79 Å². The summed E-state index contributed by atoms with van der Waals surface area (Å²) in [6.07, 6.45) is 10.1. The normalized spacial score (nSPS) is 20.6. The second-order valence-corrected chi connectivity index (χ2v) is 8.39. The largest absolute Gasteiger partial charge is 0.391 e. The van der Waals surface area contributed by atoms with Crippen LogP contribution in [0.1, 0.15) is 63.6 Å². The highest BCUT2D eigenvalue weighted by molar-refractivity contribution is 5.96. The number of nitrogens with one attached hydrogen (secondary N) is 1. The predicted octanol–water partition coefficient (Wildman–Crippen LogP) is 5.01. The summed E-state index contributed by atoms with van der Waals surface area (Å²) >= 11 is 0. The molecule has 3 rings (SSSR count). The highest BCUT2D eigenvalue weighted by Gasteiger charge is 2.29. The van der Waals surface area contributed by atoms with Crippen molar-refractivity contribution < 1.29 is 4.79 Å². The second kappa shape index (κ2) is 8.77. The number of allylic oxidation sites excluding steroid dienone is 2. The molecule has 2 aliphatic rings. The summed E-state index contributed by atoms with van der Waals surface area (Å²) in [7, 11) is 1.97. The lowest BCUT2D eigenvalue weighted by molar-refractivity contribution is -0.129. The van der Waals surface area contributed by atoms with Crippen LogP contribution in [0.2, 0.25) is 0 Å². The van der Waals surface area contributed by atoms with E-state index in [1.807, 2.05) is 11.9 Å². The van der Waals surface area contributed by atoms with Crippen molar-refractivity contribution in [2.45, 2.75) is 58.9 Å². The Morgan fingerprint density at radius 1 is 1.30 bits per heavy atom. The second-order valence-electron chi connectivity index (χ2n) is 8.39. The Hall–Kier alpha value is -2.03. The first-order valence-electron chi connectivity index (χ1n) is 10.5. The molecule has 0 saturated heterocycles. The van der Waals surface area contributed by atoms with Gasteiger partial charge in [0.05, 0.1) is 6.04 Å². The summed E-state index contributed by atoms with van der Waals surface area (Å²) in [5.41, 5.74) is 4.66. The van der Waals surface area contributed by atoms with Gasteiger partial charge in [0.25, 0.3) is 5.91 Å². The summed E-state index contributed by atoms with van der Waals surface area (Å²) in [6.45, 7) is 7.22. The SMILES string of the molecule is CN/C(=C/C(=C\C(C)C)C(=O)N1CCc2ccccc2[C@H]1C)CCC1CC1. The van der Waals surface area contributed by atoms with Crippen molar-refractivity contribution >= 4 is 5.91 Å². The lowest BCUT2D eigenvalue weighted by Crippen LogP contribution is -2.39. The Morgan fingerprint density at radius 3 is 2.70 bits per heavy atom. The van der Waals surface area contributed by atoms with Crippen molar-refractivity contribution in [2.75, 3.05) is 13.6 Å². The maximum atomic E-state index is 13.4. The Labute approximate surface area is 164 Å². The highest BCUT2D eigenvalue weighted by atomic mass is 16.2. The summed E-state index contributed by atoms with van der Waals surface area (Å²) < 4.78 is 0. The van der Waals surface area contributed by atoms with Crippen molar-refractivity contribution in [2.24, 2.45) is 11.8 Å². The molecule has 1 aliphatic carbocycles. The molecular formula is C24H34N2O. The van der Waals surface area contributed by atoms with Crippen LogP contribution >= 0.6 is 0 Å². The minimum absolute atomic E-state index is 0.121. The fourth-order valence-corrected chi connectivity index (χ4v) is 3.98. The molecule has 0 bridgehead atoms. The van der Waals surface area contributed by atoms with Crippen molar-refractivity contribution in [1.29, 1.82) is 0 Å². The summed E-state index contributed by atoms with van der Waals surface area (Å²) in [6, 6.07) is 8.64. The van der Waals surface area contributed by atoms with E-state index in [-0.39, 0.29) is 11.9 Å². The molecule has 1 aromatic carbocycles. The van der Waals surface area contributed by atoms with Crippen LogP contribution in [0.4, 0.5) is 0 Å². The van der Waals surface area contributed by atoms with Crippen LogP contribution in [-0.4, -0.2) is 24.4 Å². The lowest BCUT2D eigenvalue weighted by Gasteiger charge is -2.35. The van der Waals surface area contributed by atoms with Crippen molar-refractivity contribution in [3.63, 3.8) is 0 Å². The molecule has 3 nitrogen and oxygen atoms in total. The molecule has 1 amide bonds. The zero-order chi connectivity index (χ0) is 19.4. The van der Waals surface area contributed by atoms with Gasteiger partial charge in [-0.1, -0.05) is 57.0 Å². The Balaban J connectivity index is 1.81. The number of nitrogens with zero attached hydrogens (tertiary/aromatic N) is 1. The number of benzene rings is 1. The summed E-state index contributed by atoms with van der Waals surface area (Å²) in [5, 5.41) is 3.32. The molecule has 0 aromatic heterocycles. The van der Waals surface area contributed by atoms with Crippen molar-refractivity contribution in [3.05, 3.63) is 58.8 Å². The van der Waals surface area contributed by atoms with Crippen molar-refractivity contribution in [3.8, 4) is 0 Å². The molecule has 1 aromatic rings. The molecule has 27 heavy (non-hydrogen) atoms. The number of hydrogen-bond donors (Lipinski definition) is 1.